The summed E-state index contributed by atoms with van der Waals surface area (Å²) in [5.41, 5.74) is 1.83. The maximum atomic E-state index is 12.6. The van der Waals surface area contributed by atoms with E-state index in [1.165, 1.54) is 23.3 Å². The fraction of sp³-hybridized carbons (Fsp3) is 0.500. The second-order valence-corrected chi connectivity index (χ2v) is 8.84. The van der Waals surface area contributed by atoms with Gasteiger partial charge in [0.2, 0.25) is 10.0 Å². The molecule has 4 heterocycles. The molecule has 3 aromatic heterocycles. The van der Waals surface area contributed by atoms with Crippen LogP contribution in [0.15, 0.2) is 34.0 Å². The van der Waals surface area contributed by atoms with Gasteiger partial charge in [-0.05, 0) is 37.8 Å². The molecule has 0 unspecified atom stereocenters. The number of fused-ring (bicyclic) bond motifs is 1. The fourth-order valence-electron chi connectivity index (χ4n) is 3.50. The van der Waals surface area contributed by atoms with E-state index < -0.39 is 10.0 Å². The van der Waals surface area contributed by atoms with Crippen LogP contribution in [0.3, 0.4) is 0 Å². The standard InChI is InChI=1S/C16H18N6O3S/c23-26(24,13-9-17-25-10-13)21-7-5-12(6-8-21)16-19-18-15-4-3-14(11-1-2-11)20-22(15)16/h3-4,9-12H,1-2,5-8H2. The summed E-state index contributed by atoms with van der Waals surface area (Å²) >= 11 is 0. The predicted molar refractivity (Wildman–Crippen MR) is 90.0 cm³/mol. The molecule has 0 aromatic carbocycles. The lowest BCUT2D eigenvalue weighted by atomic mass is 9.97. The van der Waals surface area contributed by atoms with Gasteiger partial charge in [0.15, 0.2) is 11.5 Å². The van der Waals surface area contributed by atoms with Gasteiger partial charge in [-0.1, -0.05) is 5.16 Å². The van der Waals surface area contributed by atoms with Gasteiger partial charge in [0.1, 0.15) is 11.2 Å². The molecular weight excluding hydrogens is 356 g/mol. The summed E-state index contributed by atoms with van der Waals surface area (Å²) in [4.78, 5) is 0.0969. The van der Waals surface area contributed by atoms with Crippen molar-refractivity contribution < 1.29 is 12.9 Å². The lowest BCUT2D eigenvalue weighted by Gasteiger charge is -2.29. The van der Waals surface area contributed by atoms with Crippen molar-refractivity contribution in [3.8, 4) is 0 Å². The van der Waals surface area contributed by atoms with Crippen LogP contribution in [-0.4, -0.2) is 50.8 Å². The third-order valence-corrected chi connectivity index (χ3v) is 7.01. The Bertz CT molecular complexity index is 1030. The molecule has 9 nitrogen and oxygen atoms in total. The van der Waals surface area contributed by atoms with Crippen LogP contribution in [0, 0.1) is 0 Å². The minimum absolute atomic E-state index is 0.0969. The van der Waals surface area contributed by atoms with Crippen molar-refractivity contribution in [2.75, 3.05) is 13.1 Å². The number of sulfonamides is 1. The van der Waals surface area contributed by atoms with E-state index in [0.717, 1.165) is 23.4 Å². The van der Waals surface area contributed by atoms with Crippen LogP contribution in [0.25, 0.3) is 5.65 Å². The van der Waals surface area contributed by atoms with Crippen LogP contribution in [0.1, 0.15) is 49.0 Å². The Morgan fingerprint density at radius 3 is 2.54 bits per heavy atom. The van der Waals surface area contributed by atoms with Crippen LogP contribution in [0.4, 0.5) is 0 Å². The summed E-state index contributed by atoms with van der Waals surface area (Å²) in [6.07, 6.45) is 6.14. The van der Waals surface area contributed by atoms with Gasteiger partial charge in [0.05, 0.1) is 11.9 Å². The number of hydrogen-bond donors (Lipinski definition) is 0. The molecule has 1 saturated carbocycles. The van der Waals surface area contributed by atoms with E-state index in [4.69, 9.17) is 5.10 Å². The van der Waals surface area contributed by atoms with Crippen molar-refractivity contribution in [1.82, 2.24) is 29.3 Å². The summed E-state index contributed by atoms with van der Waals surface area (Å²) in [7, 11) is -3.54. The zero-order valence-corrected chi connectivity index (χ0v) is 14.8. The first-order valence-corrected chi connectivity index (χ1v) is 10.2. The number of rotatable bonds is 4. The summed E-state index contributed by atoms with van der Waals surface area (Å²) in [5, 5.41) is 16.8. The number of nitrogens with zero attached hydrogens (tertiary/aromatic N) is 6. The van der Waals surface area contributed by atoms with Crippen LogP contribution in [0.5, 0.6) is 0 Å². The van der Waals surface area contributed by atoms with Gasteiger partial charge in [-0.3, -0.25) is 0 Å². The zero-order valence-electron chi connectivity index (χ0n) is 14.0. The lowest BCUT2D eigenvalue weighted by Crippen LogP contribution is -2.38. The smallest absolute Gasteiger partial charge is 0.247 e. The van der Waals surface area contributed by atoms with Crippen molar-refractivity contribution in [3.63, 3.8) is 0 Å². The molecule has 1 aliphatic heterocycles. The molecule has 0 amide bonds. The molecule has 3 aromatic rings. The van der Waals surface area contributed by atoms with Crippen molar-refractivity contribution >= 4 is 15.7 Å². The summed E-state index contributed by atoms with van der Waals surface area (Å²) in [5.74, 6) is 1.52. The number of piperidine rings is 1. The first-order valence-electron chi connectivity index (χ1n) is 8.75. The SMILES string of the molecule is O=S(=O)(c1cnoc1)N1CCC(c2nnc3ccc(C4CC4)nn23)CC1. The van der Waals surface area contributed by atoms with Crippen LogP contribution in [-0.2, 0) is 10.0 Å². The largest absolute Gasteiger partial charge is 0.363 e. The van der Waals surface area contributed by atoms with E-state index in [2.05, 4.69) is 19.9 Å². The monoisotopic (exact) mass is 374 g/mol. The van der Waals surface area contributed by atoms with Crippen molar-refractivity contribution in [3.05, 3.63) is 36.1 Å². The molecule has 0 atom stereocenters. The quantitative estimate of drug-likeness (QED) is 0.682. The molecule has 0 N–H and O–H groups in total. The highest BCUT2D eigenvalue weighted by molar-refractivity contribution is 7.89. The van der Waals surface area contributed by atoms with Gasteiger partial charge in [-0.25, -0.2) is 8.42 Å². The van der Waals surface area contributed by atoms with Gasteiger partial charge in [0, 0.05) is 24.9 Å². The second-order valence-electron chi connectivity index (χ2n) is 6.90. The number of hydrogen-bond acceptors (Lipinski definition) is 7. The van der Waals surface area contributed by atoms with Crippen LogP contribution >= 0.6 is 0 Å². The summed E-state index contributed by atoms with van der Waals surface area (Å²) < 4.78 is 33.1. The predicted octanol–water partition coefficient (Wildman–Crippen LogP) is 1.56. The molecule has 2 fully saturated rings. The van der Waals surface area contributed by atoms with E-state index in [-0.39, 0.29) is 10.8 Å². The Hall–Kier alpha value is -2.33. The van der Waals surface area contributed by atoms with Crippen molar-refractivity contribution in [2.24, 2.45) is 0 Å². The third-order valence-electron chi connectivity index (χ3n) is 5.17. The highest BCUT2D eigenvalue weighted by Crippen LogP contribution is 2.39. The second kappa shape index (κ2) is 5.85. The Morgan fingerprint density at radius 2 is 1.85 bits per heavy atom. The first-order chi connectivity index (χ1) is 12.6. The Morgan fingerprint density at radius 1 is 1.04 bits per heavy atom. The highest BCUT2D eigenvalue weighted by Gasteiger charge is 2.33. The maximum absolute atomic E-state index is 12.6. The topological polar surface area (TPSA) is 106 Å². The zero-order chi connectivity index (χ0) is 17.7. The minimum Gasteiger partial charge on any atom is -0.363 e. The Balaban J connectivity index is 1.37. The molecule has 2 aliphatic rings. The highest BCUT2D eigenvalue weighted by atomic mass is 32.2. The fourth-order valence-corrected chi connectivity index (χ4v) is 4.83. The minimum atomic E-state index is -3.54. The molecule has 1 saturated heterocycles. The van der Waals surface area contributed by atoms with Gasteiger partial charge in [0.25, 0.3) is 0 Å². The Labute approximate surface area is 150 Å². The molecule has 0 spiro atoms. The van der Waals surface area contributed by atoms with E-state index >= 15 is 0 Å². The van der Waals surface area contributed by atoms with Gasteiger partial charge >= 0.3 is 0 Å². The van der Waals surface area contributed by atoms with Gasteiger partial charge in [-0.15, -0.1) is 10.2 Å². The van der Waals surface area contributed by atoms with Crippen molar-refractivity contribution in [2.45, 2.75) is 42.4 Å². The van der Waals surface area contributed by atoms with Crippen LogP contribution in [0.2, 0.25) is 0 Å². The molecule has 136 valence electrons. The van der Waals surface area contributed by atoms with Crippen LogP contribution < -0.4 is 0 Å². The Kier molecular flexibility index (Phi) is 3.57. The molecular formula is C16H18N6O3S. The van der Waals surface area contributed by atoms with Gasteiger partial charge in [-0.2, -0.15) is 13.9 Å². The van der Waals surface area contributed by atoms with Crippen molar-refractivity contribution in [1.29, 1.82) is 0 Å². The molecule has 0 bridgehead atoms. The van der Waals surface area contributed by atoms with E-state index in [1.54, 1.807) is 0 Å². The molecule has 10 heteroatoms. The molecule has 0 radical (unpaired) electrons. The van der Waals surface area contributed by atoms with E-state index in [0.29, 0.717) is 31.8 Å². The van der Waals surface area contributed by atoms with Gasteiger partial charge < -0.3 is 4.52 Å². The lowest BCUT2D eigenvalue weighted by molar-refractivity contribution is 0.311. The average molecular weight is 374 g/mol. The van der Waals surface area contributed by atoms with E-state index in [1.807, 2.05) is 16.6 Å². The maximum Gasteiger partial charge on any atom is 0.247 e. The molecule has 5 rings (SSSR count). The normalized spacial score (nSPS) is 20.0. The number of aromatic nitrogens is 5. The first kappa shape index (κ1) is 15.9. The molecule has 1 aliphatic carbocycles. The third kappa shape index (κ3) is 2.60. The summed E-state index contributed by atoms with van der Waals surface area (Å²) in [6.45, 7) is 0.852. The van der Waals surface area contributed by atoms with E-state index in [9.17, 15) is 8.42 Å². The summed E-state index contributed by atoms with van der Waals surface area (Å²) in [6, 6.07) is 3.99. The average Bonchev–Trinajstić information content (AvgIpc) is 3.19. The molecule has 26 heavy (non-hydrogen) atoms.